The summed E-state index contributed by atoms with van der Waals surface area (Å²) in [5.41, 5.74) is 4.45. The number of alkyl halides is 1. The highest BCUT2D eigenvalue weighted by Crippen LogP contribution is 2.20. The van der Waals surface area contributed by atoms with Crippen LogP contribution >= 0.6 is 0 Å². The Labute approximate surface area is 72.2 Å². The molecule has 0 bridgehead atoms. The molecule has 1 aromatic rings. The van der Waals surface area contributed by atoms with Crippen molar-refractivity contribution in [2.24, 2.45) is 5.73 Å². The van der Waals surface area contributed by atoms with Gasteiger partial charge in [-0.15, -0.1) is 0 Å². The van der Waals surface area contributed by atoms with Crippen LogP contribution < -0.4 is 5.73 Å². The fourth-order valence-corrected chi connectivity index (χ4v) is 0.985. The van der Waals surface area contributed by atoms with Crippen LogP contribution in [0.15, 0.2) is 12.1 Å². The molecule has 0 aliphatic carbocycles. The summed E-state index contributed by atoms with van der Waals surface area (Å²) < 4.78 is 50.0. The lowest BCUT2D eigenvalue weighted by Gasteiger charge is -2.09. The van der Waals surface area contributed by atoms with Crippen LogP contribution in [0.1, 0.15) is 11.6 Å². The highest BCUT2D eigenvalue weighted by Gasteiger charge is 2.17. The summed E-state index contributed by atoms with van der Waals surface area (Å²) in [6.07, 6.45) is 0. The summed E-state index contributed by atoms with van der Waals surface area (Å²) in [4.78, 5) is 0. The van der Waals surface area contributed by atoms with Crippen LogP contribution in [0.4, 0.5) is 17.6 Å². The summed E-state index contributed by atoms with van der Waals surface area (Å²) in [5.74, 6) is -3.38. The quantitative estimate of drug-likeness (QED) is 0.715. The van der Waals surface area contributed by atoms with Crippen LogP contribution in [0.3, 0.4) is 0 Å². The number of benzene rings is 1. The van der Waals surface area contributed by atoms with Gasteiger partial charge in [0.2, 0.25) is 0 Å². The number of hydrogen-bond acceptors (Lipinski definition) is 1. The maximum atomic E-state index is 12.8. The largest absolute Gasteiger partial charge is 0.322 e. The third-order valence-electron chi connectivity index (χ3n) is 1.58. The van der Waals surface area contributed by atoms with Gasteiger partial charge in [0.05, 0.1) is 6.04 Å². The molecule has 0 aromatic heterocycles. The van der Waals surface area contributed by atoms with E-state index < -0.39 is 35.7 Å². The van der Waals surface area contributed by atoms with E-state index in [1.807, 2.05) is 0 Å². The minimum absolute atomic E-state index is 0.466. The van der Waals surface area contributed by atoms with E-state index in [9.17, 15) is 17.6 Å². The molecule has 1 nitrogen and oxygen atoms in total. The standard InChI is InChI=1S/C8H7F4N/c9-3-7(13)8-5(11)1-4(10)2-6(8)12/h1-2,7H,3,13H2/t7-/m1/s1. The molecule has 0 fully saturated rings. The maximum absolute atomic E-state index is 12.8. The van der Waals surface area contributed by atoms with Gasteiger partial charge in [-0.2, -0.15) is 0 Å². The van der Waals surface area contributed by atoms with E-state index in [1.165, 1.54) is 0 Å². The average molecular weight is 193 g/mol. The summed E-state index contributed by atoms with van der Waals surface area (Å²) in [7, 11) is 0. The van der Waals surface area contributed by atoms with E-state index in [0.29, 0.717) is 12.1 Å². The van der Waals surface area contributed by atoms with Crippen molar-refractivity contribution < 1.29 is 17.6 Å². The predicted molar refractivity (Wildman–Crippen MR) is 39.2 cm³/mol. The molecule has 1 rings (SSSR count). The Bertz CT molecular complexity index is 290. The lowest BCUT2D eigenvalue weighted by Crippen LogP contribution is -2.16. The number of rotatable bonds is 2. The zero-order valence-corrected chi connectivity index (χ0v) is 6.53. The minimum Gasteiger partial charge on any atom is -0.322 e. The van der Waals surface area contributed by atoms with Crippen LogP contribution in [0, 0.1) is 17.5 Å². The van der Waals surface area contributed by atoms with Gasteiger partial charge in [-0.1, -0.05) is 0 Å². The zero-order valence-electron chi connectivity index (χ0n) is 6.53. The molecule has 0 aliphatic heterocycles. The van der Waals surface area contributed by atoms with E-state index in [1.54, 1.807) is 0 Å². The van der Waals surface area contributed by atoms with Crippen molar-refractivity contribution in [1.29, 1.82) is 0 Å². The van der Waals surface area contributed by atoms with Crippen LogP contribution in [0.5, 0.6) is 0 Å². The van der Waals surface area contributed by atoms with Gasteiger partial charge in [-0.25, -0.2) is 17.6 Å². The second-order valence-corrected chi connectivity index (χ2v) is 2.54. The summed E-state index contributed by atoms with van der Waals surface area (Å²) in [6, 6.07) is -0.456. The van der Waals surface area contributed by atoms with Gasteiger partial charge in [-0.3, -0.25) is 0 Å². The SMILES string of the molecule is N[C@H](CF)c1c(F)cc(F)cc1F. The second-order valence-electron chi connectivity index (χ2n) is 2.54. The highest BCUT2D eigenvalue weighted by atomic mass is 19.1. The molecule has 1 atom stereocenters. The third kappa shape index (κ3) is 1.98. The maximum Gasteiger partial charge on any atom is 0.133 e. The average Bonchev–Trinajstić information content (AvgIpc) is 2.02. The molecule has 0 saturated heterocycles. The normalized spacial score (nSPS) is 13.0. The highest BCUT2D eigenvalue weighted by molar-refractivity contribution is 5.23. The first-order chi connectivity index (χ1) is 6.06. The van der Waals surface area contributed by atoms with Gasteiger partial charge in [0.25, 0.3) is 0 Å². The first-order valence-electron chi connectivity index (χ1n) is 3.52. The zero-order chi connectivity index (χ0) is 10.0. The van der Waals surface area contributed by atoms with E-state index in [0.717, 1.165) is 0 Å². The number of nitrogens with two attached hydrogens (primary N) is 1. The van der Waals surface area contributed by atoms with E-state index >= 15 is 0 Å². The third-order valence-corrected chi connectivity index (χ3v) is 1.58. The Hall–Kier alpha value is -1.10. The fraction of sp³-hybridized carbons (Fsp3) is 0.250. The molecule has 0 radical (unpaired) electrons. The molecule has 0 heterocycles. The van der Waals surface area contributed by atoms with Crippen molar-refractivity contribution in [2.75, 3.05) is 6.67 Å². The Morgan fingerprint density at radius 3 is 2.00 bits per heavy atom. The van der Waals surface area contributed by atoms with Crippen molar-refractivity contribution in [3.63, 3.8) is 0 Å². The van der Waals surface area contributed by atoms with Crippen LogP contribution in [-0.4, -0.2) is 6.67 Å². The molecule has 5 heteroatoms. The number of hydrogen-bond donors (Lipinski definition) is 1. The molecule has 0 unspecified atom stereocenters. The first kappa shape index (κ1) is 9.98. The fourth-order valence-electron chi connectivity index (χ4n) is 0.985. The Kier molecular flexibility index (Phi) is 2.87. The molecule has 1 aromatic carbocycles. The van der Waals surface area contributed by atoms with Gasteiger partial charge in [0.15, 0.2) is 0 Å². The van der Waals surface area contributed by atoms with Crippen molar-refractivity contribution >= 4 is 0 Å². The topological polar surface area (TPSA) is 26.0 Å². The van der Waals surface area contributed by atoms with Crippen molar-refractivity contribution in [2.45, 2.75) is 6.04 Å². The van der Waals surface area contributed by atoms with E-state index in [4.69, 9.17) is 5.73 Å². The summed E-state index contributed by atoms with van der Waals surface area (Å²) in [5, 5.41) is 0. The van der Waals surface area contributed by atoms with Crippen LogP contribution in [0.25, 0.3) is 0 Å². The monoisotopic (exact) mass is 193 g/mol. The van der Waals surface area contributed by atoms with Crippen molar-refractivity contribution in [3.8, 4) is 0 Å². The molecule has 0 aliphatic rings. The van der Waals surface area contributed by atoms with E-state index in [2.05, 4.69) is 0 Å². The molecule has 72 valence electrons. The predicted octanol–water partition coefficient (Wildman–Crippen LogP) is 2.07. The van der Waals surface area contributed by atoms with Gasteiger partial charge >= 0.3 is 0 Å². The Morgan fingerprint density at radius 1 is 1.15 bits per heavy atom. The van der Waals surface area contributed by atoms with Crippen molar-refractivity contribution in [3.05, 3.63) is 35.1 Å². The smallest absolute Gasteiger partial charge is 0.133 e. The van der Waals surface area contributed by atoms with Crippen LogP contribution in [-0.2, 0) is 0 Å². The summed E-state index contributed by atoms with van der Waals surface area (Å²) in [6.45, 7) is -1.10. The molecule has 2 N–H and O–H groups in total. The molecule has 13 heavy (non-hydrogen) atoms. The second kappa shape index (κ2) is 3.74. The van der Waals surface area contributed by atoms with Gasteiger partial charge in [0, 0.05) is 17.7 Å². The van der Waals surface area contributed by atoms with Gasteiger partial charge < -0.3 is 5.73 Å². The van der Waals surface area contributed by atoms with E-state index in [-0.39, 0.29) is 0 Å². The Morgan fingerprint density at radius 2 is 1.62 bits per heavy atom. The van der Waals surface area contributed by atoms with Crippen molar-refractivity contribution in [1.82, 2.24) is 0 Å². The molecular formula is C8H7F4N. The van der Waals surface area contributed by atoms with Crippen LogP contribution in [0.2, 0.25) is 0 Å². The molecule has 0 amide bonds. The number of halogens is 4. The van der Waals surface area contributed by atoms with Gasteiger partial charge in [0.1, 0.15) is 24.1 Å². The Balaban J connectivity index is 3.20. The molecule has 0 spiro atoms. The molecule has 0 saturated carbocycles. The lowest BCUT2D eigenvalue weighted by molar-refractivity contribution is 0.410. The first-order valence-corrected chi connectivity index (χ1v) is 3.52. The lowest BCUT2D eigenvalue weighted by atomic mass is 10.1. The molecular weight excluding hydrogens is 186 g/mol. The minimum atomic E-state index is -1.39. The van der Waals surface area contributed by atoms with Gasteiger partial charge in [-0.05, 0) is 0 Å². The summed E-state index contributed by atoms with van der Waals surface area (Å²) >= 11 is 0.